The molecule has 0 unspecified atom stereocenters. The molecule has 2 aromatic rings. The summed E-state index contributed by atoms with van der Waals surface area (Å²) in [4.78, 5) is 35.2. The Labute approximate surface area is 113 Å². The van der Waals surface area contributed by atoms with Crippen molar-refractivity contribution in [1.82, 2.24) is 0 Å². The fourth-order valence-corrected chi connectivity index (χ4v) is 2.17. The summed E-state index contributed by atoms with van der Waals surface area (Å²) >= 11 is 0. The van der Waals surface area contributed by atoms with Gasteiger partial charge in [0.25, 0.3) is 11.5 Å². The van der Waals surface area contributed by atoms with Crippen molar-refractivity contribution in [2.45, 2.75) is 0 Å². The van der Waals surface area contributed by atoms with Gasteiger partial charge in [0.05, 0.1) is 16.2 Å². The van der Waals surface area contributed by atoms with Crippen molar-refractivity contribution in [3.05, 3.63) is 64.2 Å². The number of fused-ring (bicyclic) bond motifs is 1. The number of carbonyl (C=O) groups excluding carboxylic acids is 2. The number of carbonyl (C=O) groups is 2. The van der Waals surface area contributed by atoms with Crippen LogP contribution >= 0.6 is 0 Å². The molecule has 1 aliphatic heterocycles. The zero-order chi connectivity index (χ0) is 14.3. The third-order valence-corrected chi connectivity index (χ3v) is 3.11. The number of amides is 1. The second-order valence-corrected chi connectivity index (χ2v) is 4.26. The summed E-state index contributed by atoms with van der Waals surface area (Å²) in [7, 11) is 0. The lowest BCUT2D eigenvalue weighted by Gasteiger charge is -2.16. The minimum atomic E-state index is -0.653. The molecule has 6 nitrogen and oxygen atoms in total. The molecule has 0 saturated carbocycles. The van der Waals surface area contributed by atoms with Gasteiger partial charge in [-0.25, -0.2) is 0 Å². The number of hydrogen-bond acceptors (Lipinski definition) is 4. The highest BCUT2D eigenvalue weighted by atomic mass is 16.6. The summed E-state index contributed by atoms with van der Waals surface area (Å²) in [5.74, 6) is -1.22. The van der Waals surface area contributed by atoms with E-state index in [1.807, 2.05) is 0 Å². The maximum absolute atomic E-state index is 12.0. The van der Waals surface area contributed by atoms with Gasteiger partial charge in [-0.3, -0.25) is 24.6 Å². The largest absolute Gasteiger partial charge is 0.304 e. The summed E-state index contributed by atoms with van der Waals surface area (Å²) in [6.45, 7) is 0. The lowest BCUT2D eigenvalue weighted by atomic mass is 10.1. The van der Waals surface area contributed by atoms with Crippen LogP contribution in [-0.4, -0.2) is 16.6 Å². The Morgan fingerprint density at radius 2 is 1.60 bits per heavy atom. The molecule has 0 fully saturated rings. The molecular weight excluding hydrogens is 260 g/mol. The Balaban J connectivity index is 2.08. The Hall–Kier alpha value is -3.02. The van der Waals surface area contributed by atoms with Crippen molar-refractivity contribution >= 4 is 28.8 Å². The topological polar surface area (TPSA) is 80.5 Å². The van der Waals surface area contributed by atoms with E-state index in [-0.39, 0.29) is 5.69 Å². The average Bonchev–Trinajstić information content (AvgIpc) is 2.72. The number of benzene rings is 2. The van der Waals surface area contributed by atoms with Gasteiger partial charge in [-0.2, -0.15) is 0 Å². The maximum atomic E-state index is 12.0. The van der Waals surface area contributed by atoms with Crippen LogP contribution in [0.4, 0.5) is 17.1 Å². The molecule has 98 valence electrons. The molecule has 0 spiro atoms. The highest BCUT2D eigenvalue weighted by molar-refractivity contribution is 6.53. The van der Waals surface area contributed by atoms with Crippen LogP contribution in [-0.2, 0) is 4.79 Å². The first-order valence-corrected chi connectivity index (χ1v) is 5.82. The van der Waals surface area contributed by atoms with Crippen LogP contribution in [0, 0.1) is 10.1 Å². The molecule has 1 heterocycles. The molecule has 6 heteroatoms. The van der Waals surface area contributed by atoms with Crippen LogP contribution < -0.4 is 4.90 Å². The molecule has 0 radical (unpaired) electrons. The Bertz CT molecular complexity index is 737. The molecule has 0 atom stereocenters. The quantitative estimate of drug-likeness (QED) is 0.476. The molecule has 1 aliphatic rings. The smallest absolute Gasteiger partial charge is 0.283 e. The molecule has 2 aromatic carbocycles. The Kier molecular flexibility index (Phi) is 2.57. The monoisotopic (exact) mass is 268 g/mol. The fraction of sp³-hybridized carbons (Fsp3) is 0. The number of Topliss-reactive ketones (excluding diaryl/α,β-unsaturated/α-hetero) is 1. The first-order chi connectivity index (χ1) is 9.59. The van der Waals surface area contributed by atoms with Gasteiger partial charge < -0.3 is 0 Å². The van der Waals surface area contributed by atoms with E-state index >= 15 is 0 Å². The average molecular weight is 268 g/mol. The third kappa shape index (κ3) is 1.66. The number of non-ortho nitro benzene ring substituents is 1. The van der Waals surface area contributed by atoms with Crippen LogP contribution in [0.15, 0.2) is 48.5 Å². The Morgan fingerprint density at radius 1 is 0.950 bits per heavy atom. The number of rotatable bonds is 2. The molecule has 0 aromatic heterocycles. The highest BCUT2D eigenvalue weighted by Crippen LogP contribution is 2.35. The molecule has 3 rings (SSSR count). The van der Waals surface area contributed by atoms with Gasteiger partial charge in [0.2, 0.25) is 0 Å². The van der Waals surface area contributed by atoms with Crippen LogP contribution in [0.2, 0.25) is 0 Å². The number of nitrogens with zero attached hydrogens (tertiary/aromatic N) is 2. The van der Waals surface area contributed by atoms with Gasteiger partial charge in [-0.15, -0.1) is 0 Å². The lowest BCUT2D eigenvalue weighted by molar-refractivity contribution is -0.384. The van der Waals surface area contributed by atoms with Gasteiger partial charge in [-0.1, -0.05) is 12.1 Å². The molecule has 0 bridgehead atoms. The van der Waals surface area contributed by atoms with Gasteiger partial charge in [0, 0.05) is 17.8 Å². The normalized spacial score (nSPS) is 13.5. The Morgan fingerprint density at radius 3 is 2.25 bits per heavy atom. The molecule has 0 N–H and O–H groups in total. The maximum Gasteiger partial charge on any atom is 0.304 e. The fourth-order valence-electron chi connectivity index (χ4n) is 2.17. The zero-order valence-corrected chi connectivity index (χ0v) is 10.1. The molecule has 0 saturated heterocycles. The van der Waals surface area contributed by atoms with E-state index in [2.05, 4.69) is 0 Å². The first-order valence-electron chi connectivity index (χ1n) is 5.82. The SMILES string of the molecule is O=C1C(=O)N(c2ccc([N+](=O)[O-])cc2)c2ccccc21. The molecule has 0 aliphatic carbocycles. The highest BCUT2D eigenvalue weighted by Gasteiger charge is 2.36. The van der Waals surface area contributed by atoms with Gasteiger partial charge in [0.1, 0.15) is 0 Å². The predicted octanol–water partition coefficient (Wildman–Crippen LogP) is 2.46. The molecular formula is C14H8N2O4. The van der Waals surface area contributed by atoms with E-state index in [9.17, 15) is 19.7 Å². The number of anilines is 2. The first kappa shape index (κ1) is 12.0. The predicted molar refractivity (Wildman–Crippen MR) is 71.0 cm³/mol. The molecule has 20 heavy (non-hydrogen) atoms. The van der Waals surface area contributed by atoms with Gasteiger partial charge >= 0.3 is 5.91 Å². The minimum absolute atomic E-state index is 0.0694. The third-order valence-electron chi connectivity index (χ3n) is 3.11. The van der Waals surface area contributed by atoms with Crippen LogP contribution in [0.3, 0.4) is 0 Å². The van der Waals surface area contributed by atoms with Gasteiger partial charge in [0.15, 0.2) is 0 Å². The van der Waals surface area contributed by atoms with Crippen LogP contribution in [0.1, 0.15) is 10.4 Å². The van der Waals surface area contributed by atoms with Crippen LogP contribution in [0.5, 0.6) is 0 Å². The number of para-hydroxylation sites is 1. The van der Waals surface area contributed by atoms with E-state index in [1.54, 1.807) is 24.3 Å². The van der Waals surface area contributed by atoms with Crippen molar-refractivity contribution < 1.29 is 14.5 Å². The summed E-state index contributed by atoms with van der Waals surface area (Å²) in [5.41, 5.74) is 1.20. The number of nitro benzene ring substituents is 1. The van der Waals surface area contributed by atoms with E-state index in [4.69, 9.17) is 0 Å². The van der Waals surface area contributed by atoms with Crippen molar-refractivity contribution in [3.63, 3.8) is 0 Å². The van der Waals surface area contributed by atoms with Crippen molar-refractivity contribution in [3.8, 4) is 0 Å². The van der Waals surface area contributed by atoms with Crippen LogP contribution in [0.25, 0.3) is 0 Å². The van der Waals surface area contributed by atoms with E-state index in [0.717, 1.165) is 0 Å². The second kappa shape index (κ2) is 4.27. The number of ketones is 1. The molecule has 1 amide bonds. The summed E-state index contributed by atoms with van der Waals surface area (Å²) in [5, 5.41) is 10.6. The second-order valence-electron chi connectivity index (χ2n) is 4.26. The zero-order valence-electron chi connectivity index (χ0n) is 10.1. The van der Waals surface area contributed by atoms with E-state index in [1.165, 1.54) is 29.2 Å². The van der Waals surface area contributed by atoms with Gasteiger partial charge in [-0.05, 0) is 24.3 Å². The lowest BCUT2D eigenvalue weighted by Crippen LogP contribution is -2.24. The minimum Gasteiger partial charge on any atom is -0.283 e. The van der Waals surface area contributed by atoms with E-state index < -0.39 is 16.6 Å². The van der Waals surface area contributed by atoms with Crippen molar-refractivity contribution in [2.24, 2.45) is 0 Å². The number of hydrogen-bond donors (Lipinski definition) is 0. The summed E-state index contributed by atoms with van der Waals surface area (Å²) in [6, 6.07) is 12.2. The number of nitro groups is 1. The van der Waals surface area contributed by atoms with Crippen molar-refractivity contribution in [1.29, 1.82) is 0 Å². The van der Waals surface area contributed by atoms with E-state index in [0.29, 0.717) is 16.9 Å². The van der Waals surface area contributed by atoms with Crippen molar-refractivity contribution in [2.75, 3.05) is 4.90 Å². The summed E-state index contributed by atoms with van der Waals surface area (Å²) < 4.78 is 0. The standard InChI is InChI=1S/C14H8N2O4/c17-13-11-3-1-2-4-12(11)15(14(13)18)9-5-7-10(8-6-9)16(19)20/h1-8H. The summed E-state index contributed by atoms with van der Waals surface area (Å²) in [6.07, 6.45) is 0.